The summed E-state index contributed by atoms with van der Waals surface area (Å²) in [7, 11) is 0. The summed E-state index contributed by atoms with van der Waals surface area (Å²) in [6, 6.07) is 1.86. The molecule has 0 unspecified atom stereocenters. The summed E-state index contributed by atoms with van der Waals surface area (Å²) in [5.74, 6) is 1.90. The number of nitrogen functional groups attached to an aromatic ring is 1. The lowest BCUT2D eigenvalue weighted by Crippen LogP contribution is -2.35. The van der Waals surface area contributed by atoms with Gasteiger partial charge in [0.15, 0.2) is 0 Å². The second kappa shape index (κ2) is 5.82. The third kappa shape index (κ3) is 3.56. The maximum Gasteiger partial charge on any atom is 0.221 e. The van der Waals surface area contributed by atoms with Crippen molar-refractivity contribution in [3.8, 4) is 0 Å². The van der Waals surface area contributed by atoms with Gasteiger partial charge < -0.3 is 16.0 Å². The first-order chi connectivity index (χ1) is 8.28. The molecule has 5 heteroatoms. The van der Waals surface area contributed by atoms with E-state index in [4.69, 9.17) is 5.73 Å². The standard InChI is InChI=1S/C12H21N5/c1-2-17-7-4-10(5-8-17)9-15-11-3-6-14-12(13)16-11/h3,6,10H,2,4-5,7-9H2,1H3,(H3,13,14,15,16). The molecule has 0 aliphatic carbocycles. The van der Waals surface area contributed by atoms with Crippen molar-refractivity contribution in [3.05, 3.63) is 12.3 Å². The molecule has 0 amide bonds. The molecule has 5 nitrogen and oxygen atoms in total. The van der Waals surface area contributed by atoms with Gasteiger partial charge in [-0.05, 0) is 44.5 Å². The van der Waals surface area contributed by atoms with Gasteiger partial charge in [0.05, 0.1) is 0 Å². The van der Waals surface area contributed by atoms with Gasteiger partial charge in [0.1, 0.15) is 5.82 Å². The maximum absolute atomic E-state index is 5.53. The minimum Gasteiger partial charge on any atom is -0.370 e. The number of aromatic nitrogens is 2. The van der Waals surface area contributed by atoms with Crippen LogP contribution in [0.3, 0.4) is 0 Å². The molecule has 1 aromatic rings. The fourth-order valence-corrected chi connectivity index (χ4v) is 2.23. The van der Waals surface area contributed by atoms with Crippen LogP contribution in [0, 0.1) is 5.92 Å². The molecule has 1 fully saturated rings. The van der Waals surface area contributed by atoms with E-state index in [1.807, 2.05) is 6.07 Å². The van der Waals surface area contributed by atoms with Crippen LogP contribution in [0.25, 0.3) is 0 Å². The highest BCUT2D eigenvalue weighted by molar-refractivity contribution is 5.37. The van der Waals surface area contributed by atoms with Crippen molar-refractivity contribution in [1.29, 1.82) is 0 Å². The van der Waals surface area contributed by atoms with Crippen LogP contribution >= 0.6 is 0 Å². The molecular weight excluding hydrogens is 214 g/mol. The minimum atomic E-state index is 0.329. The lowest BCUT2D eigenvalue weighted by atomic mass is 9.97. The molecule has 2 heterocycles. The van der Waals surface area contributed by atoms with Crippen molar-refractivity contribution in [3.63, 3.8) is 0 Å². The van der Waals surface area contributed by atoms with Crippen molar-refractivity contribution in [2.45, 2.75) is 19.8 Å². The number of piperidine rings is 1. The summed E-state index contributed by atoms with van der Waals surface area (Å²) in [6.07, 6.45) is 4.22. The summed E-state index contributed by atoms with van der Waals surface area (Å²) in [4.78, 5) is 10.5. The largest absolute Gasteiger partial charge is 0.370 e. The Morgan fingerprint density at radius 3 is 2.88 bits per heavy atom. The number of anilines is 2. The molecular formula is C12H21N5. The first-order valence-corrected chi connectivity index (χ1v) is 6.32. The van der Waals surface area contributed by atoms with Gasteiger partial charge in [-0.15, -0.1) is 0 Å². The normalized spacial score (nSPS) is 18.2. The summed E-state index contributed by atoms with van der Waals surface area (Å²) < 4.78 is 0. The second-order valence-electron chi connectivity index (χ2n) is 4.56. The molecule has 3 N–H and O–H groups in total. The lowest BCUT2D eigenvalue weighted by molar-refractivity contribution is 0.198. The number of likely N-dealkylation sites (tertiary alicyclic amines) is 1. The zero-order valence-corrected chi connectivity index (χ0v) is 10.4. The molecule has 1 aromatic heterocycles. The van der Waals surface area contributed by atoms with Crippen LogP contribution in [-0.4, -0.2) is 41.0 Å². The first kappa shape index (κ1) is 12.1. The summed E-state index contributed by atoms with van der Waals surface area (Å²) in [5, 5.41) is 3.34. The average molecular weight is 235 g/mol. The Labute approximate surface area is 102 Å². The number of nitrogens with zero attached hydrogens (tertiary/aromatic N) is 3. The number of nitrogens with two attached hydrogens (primary N) is 1. The molecule has 2 rings (SSSR count). The van der Waals surface area contributed by atoms with E-state index in [9.17, 15) is 0 Å². The molecule has 1 saturated heterocycles. The quantitative estimate of drug-likeness (QED) is 0.821. The van der Waals surface area contributed by atoms with Gasteiger partial charge in [0.25, 0.3) is 0 Å². The van der Waals surface area contributed by atoms with E-state index in [0.29, 0.717) is 5.95 Å². The number of nitrogens with one attached hydrogen (secondary N) is 1. The SMILES string of the molecule is CCN1CCC(CNc2ccnc(N)n2)CC1. The van der Waals surface area contributed by atoms with Crippen LogP contribution in [0.4, 0.5) is 11.8 Å². The molecule has 0 atom stereocenters. The van der Waals surface area contributed by atoms with Crippen LogP contribution < -0.4 is 11.1 Å². The van der Waals surface area contributed by atoms with Crippen molar-refractivity contribution in [1.82, 2.24) is 14.9 Å². The van der Waals surface area contributed by atoms with E-state index in [1.54, 1.807) is 6.20 Å². The van der Waals surface area contributed by atoms with Crippen molar-refractivity contribution < 1.29 is 0 Å². The third-order valence-electron chi connectivity index (χ3n) is 3.40. The van der Waals surface area contributed by atoms with Gasteiger partial charge in [-0.3, -0.25) is 0 Å². The Morgan fingerprint density at radius 2 is 2.24 bits per heavy atom. The van der Waals surface area contributed by atoms with Crippen LogP contribution in [0.5, 0.6) is 0 Å². The van der Waals surface area contributed by atoms with E-state index < -0.39 is 0 Å². The summed E-state index contributed by atoms with van der Waals surface area (Å²) in [5.41, 5.74) is 5.53. The van der Waals surface area contributed by atoms with Gasteiger partial charge in [0, 0.05) is 12.7 Å². The average Bonchev–Trinajstić information content (AvgIpc) is 2.37. The smallest absolute Gasteiger partial charge is 0.221 e. The van der Waals surface area contributed by atoms with Gasteiger partial charge >= 0.3 is 0 Å². The predicted octanol–water partition coefficient (Wildman–Crippen LogP) is 1.20. The molecule has 0 radical (unpaired) electrons. The number of rotatable bonds is 4. The zero-order chi connectivity index (χ0) is 12.1. The number of hydrogen-bond donors (Lipinski definition) is 2. The van der Waals surface area contributed by atoms with E-state index in [-0.39, 0.29) is 0 Å². The number of hydrogen-bond acceptors (Lipinski definition) is 5. The molecule has 0 bridgehead atoms. The Kier molecular flexibility index (Phi) is 4.14. The Hall–Kier alpha value is -1.36. The Balaban J connectivity index is 1.76. The Bertz CT molecular complexity index is 347. The van der Waals surface area contributed by atoms with E-state index >= 15 is 0 Å². The van der Waals surface area contributed by atoms with E-state index in [0.717, 1.165) is 18.3 Å². The monoisotopic (exact) mass is 235 g/mol. The highest BCUT2D eigenvalue weighted by atomic mass is 15.1. The van der Waals surface area contributed by atoms with Crippen molar-refractivity contribution in [2.75, 3.05) is 37.2 Å². The molecule has 1 aliphatic heterocycles. The van der Waals surface area contributed by atoms with Gasteiger partial charge in [-0.25, -0.2) is 4.98 Å². The lowest BCUT2D eigenvalue weighted by Gasteiger charge is -2.31. The van der Waals surface area contributed by atoms with Crippen molar-refractivity contribution in [2.24, 2.45) is 5.92 Å². The maximum atomic E-state index is 5.53. The molecule has 1 aliphatic rings. The topological polar surface area (TPSA) is 67.1 Å². The minimum absolute atomic E-state index is 0.329. The first-order valence-electron chi connectivity index (χ1n) is 6.32. The molecule has 94 valence electrons. The van der Waals surface area contributed by atoms with Crippen LogP contribution in [0.15, 0.2) is 12.3 Å². The van der Waals surface area contributed by atoms with Gasteiger partial charge in [-0.1, -0.05) is 6.92 Å². The van der Waals surface area contributed by atoms with Crippen LogP contribution in [0.1, 0.15) is 19.8 Å². The van der Waals surface area contributed by atoms with Crippen molar-refractivity contribution >= 4 is 11.8 Å². The zero-order valence-electron chi connectivity index (χ0n) is 10.4. The summed E-state index contributed by atoms with van der Waals surface area (Å²) in [6.45, 7) is 6.81. The second-order valence-corrected chi connectivity index (χ2v) is 4.56. The molecule has 0 spiro atoms. The summed E-state index contributed by atoms with van der Waals surface area (Å²) >= 11 is 0. The van der Waals surface area contributed by atoms with Gasteiger partial charge in [0.2, 0.25) is 5.95 Å². The van der Waals surface area contributed by atoms with E-state index in [1.165, 1.54) is 32.5 Å². The van der Waals surface area contributed by atoms with Crippen LogP contribution in [-0.2, 0) is 0 Å². The molecule has 0 saturated carbocycles. The molecule has 0 aromatic carbocycles. The molecule has 17 heavy (non-hydrogen) atoms. The fraction of sp³-hybridized carbons (Fsp3) is 0.667. The highest BCUT2D eigenvalue weighted by Crippen LogP contribution is 2.17. The fourth-order valence-electron chi connectivity index (χ4n) is 2.23. The Morgan fingerprint density at radius 1 is 1.47 bits per heavy atom. The van der Waals surface area contributed by atoms with E-state index in [2.05, 4.69) is 27.1 Å². The predicted molar refractivity (Wildman–Crippen MR) is 69.8 cm³/mol. The van der Waals surface area contributed by atoms with Crippen LogP contribution in [0.2, 0.25) is 0 Å². The highest BCUT2D eigenvalue weighted by Gasteiger charge is 2.17. The van der Waals surface area contributed by atoms with Gasteiger partial charge in [-0.2, -0.15) is 4.98 Å². The third-order valence-corrected chi connectivity index (χ3v) is 3.40.